The molecule has 28 heavy (non-hydrogen) atoms. The maximum atomic E-state index is 11.5. The number of nitriles is 1. The number of amides is 1. The lowest BCUT2D eigenvalue weighted by Gasteiger charge is -2.18. The number of primary amides is 1. The number of aromatic nitrogens is 2. The van der Waals surface area contributed by atoms with Crippen molar-refractivity contribution in [2.75, 3.05) is 13.2 Å². The Labute approximate surface area is 161 Å². The number of ether oxygens (including phenoxy) is 2. The second-order valence-electron chi connectivity index (χ2n) is 6.11. The number of nitrogens with two attached hydrogens (primary N) is 1. The van der Waals surface area contributed by atoms with Crippen LogP contribution in [0.25, 0.3) is 23.0 Å². The van der Waals surface area contributed by atoms with E-state index in [2.05, 4.69) is 5.10 Å². The van der Waals surface area contributed by atoms with E-state index in [0.717, 1.165) is 11.3 Å². The highest BCUT2D eigenvalue weighted by Crippen LogP contribution is 2.35. The maximum absolute atomic E-state index is 11.5. The van der Waals surface area contributed by atoms with Crippen LogP contribution in [0.4, 0.5) is 0 Å². The Bertz CT molecular complexity index is 1110. The van der Waals surface area contributed by atoms with E-state index in [-0.39, 0.29) is 5.57 Å². The zero-order valence-electron chi connectivity index (χ0n) is 14.8. The molecule has 0 radical (unpaired) electrons. The van der Waals surface area contributed by atoms with Gasteiger partial charge in [-0.05, 0) is 36.4 Å². The molecule has 0 saturated heterocycles. The Morgan fingerprint density at radius 1 is 1.14 bits per heavy atom. The van der Waals surface area contributed by atoms with Crippen molar-refractivity contribution in [1.29, 1.82) is 5.26 Å². The molecule has 0 aliphatic carbocycles. The minimum Gasteiger partial charge on any atom is -0.486 e. The maximum Gasteiger partial charge on any atom is 0.259 e. The molecule has 1 amide bonds. The van der Waals surface area contributed by atoms with Crippen molar-refractivity contribution in [1.82, 2.24) is 9.78 Å². The van der Waals surface area contributed by atoms with E-state index in [1.807, 2.05) is 54.6 Å². The number of benzene rings is 2. The molecular formula is C21H16N4O3. The summed E-state index contributed by atoms with van der Waals surface area (Å²) in [4.78, 5) is 11.5. The van der Waals surface area contributed by atoms with Gasteiger partial charge in [0.2, 0.25) is 0 Å². The number of hydrogen-bond donors (Lipinski definition) is 1. The highest BCUT2D eigenvalue weighted by Gasteiger charge is 2.17. The van der Waals surface area contributed by atoms with Gasteiger partial charge in [-0.3, -0.25) is 4.79 Å². The highest BCUT2D eigenvalue weighted by molar-refractivity contribution is 6.01. The summed E-state index contributed by atoms with van der Waals surface area (Å²) in [7, 11) is 0. The van der Waals surface area contributed by atoms with Crippen LogP contribution in [0.15, 0.2) is 60.3 Å². The van der Waals surface area contributed by atoms with Gasteiger partial charge in [0.1, 0.15) is 30.6 Å². The monoisotopic (exact) mass is 372 g/mol. The lowest BCUT2D eigenvalue weighted by atomic mass is 10.1. The van der Waals surface area contributed by atoms with Crippen molar-refractivity contribution >= 4 is 12.0 Å². The predicted molar refractivity (Wildman–Crippen MR) is 103 cm³/mol. The van der Waals surface area contributed by atoms with Gasteiger partial charge in [0, 0.05) is 17.3 Å². The molecule has 1 aromatic heterocycles. The number of carbonyl (C=O) groups excluding carboxylic acids is 1. The number of hydrogen-bond acceptors (Lipinski definition) is 5. The van der Waals surface area contributed by atoms with Crippen LogP contribution in [0.5, 0.6) is 11.5 Å². The largest absolute Gasteiger partial charge is 0.486 e. The van der Waals surface area contributed by atoms with E-state index in [1.54, 1.807) is 10.9 Å². The van der Waals surface area contributed by atoms with Gasteiger partial charge in [-0.25, -0.2) is 4.68 Å². The Balaban J connectivity index is 1.86. The zero-order valence-corrected chi connectivity index (χ0v) is 14.8. The molecule has 7 heteroatoms. The smallest absolute Gasteiger partial charge is 0.259 e. The van der Waals surface area contributed by atoms with Crippen molar-refractivity contribution in [2.24, 2.45) is 5.73 Å². The second-order valence-corrected chi connectivity index (χ2v) is 6.11. The number of carbonyl (C=O) groups is 1. The first-order chi connectivity index (χ1) is 13.7. The van der Waals surface area contributed by atoms with Gasteiger partial charge in [0.15, 0.2) is 11.5 Å². The first-order valence-electron chi connectivity index (χ1n) is 8.62. The first-order valence-corrected chi connectivity index (χ1v) is 8.62. The van der Waals surface area contributed by atoms with E-state index in [4.69, 9.17) is 15.2 Å². The van der Waals surface area contributed by atoms with Gasteiger partial charge in [-0.2, -0.15) is 10.4 Å². The van der Waals surface area contributed by atoms with Crippen LogP contribution in [0.3, 0.4) is 0 Å². The van der Waals surface area contributed by atoms with Crippen LogP contribution in [0.1, 0.15) is 5.56 Å². The fraction of sp³-hybridized carbons (Fsp3) is 0.0952. The number of nitrogens with zero attached hydrogens (tertiary/aromatic N) is 3. The molecule has 4 rings (SSSR count). The zero-order chi connectivity index (χ0) is 19.5. The Morgan fingerprint density at radius 2 is 1.89 bits per heavy atom. The minimum absolute atomic E-state index is 0.147. The van der Waals surface area contributed by atoms with Crippen LogP contribution >= 0.6 is 0 Å². The molecule has 0 spiro atoms. The molecule has 0 bridgehead atoms. The third-order valence-corrected chi connectivity index (χ3v) is 4.26. The second kappa shape index (κ2) is 7.29. The van der Waals surface area contributed by atoms with Crippen molar-refractivity contribution in [3.05, 3.63) is 65.9 Å². The molecule has 7 nitrogen and oxygen atoms in total. The Kier molecular flexibility index (Phi) is 4.52. The van der Waals surface area contributed by atoms with Gasteiger partial charge in [0.25, 0.3) is 5.91 Å². The molecule has 0 atom stereocenters. The van der Waals surface area contributed by atoms with Crippen molar-refractivity contribution < 1.29 is 14.3 Å². The van der Waals surface area contributed by atoms with E-state index < -0.39 is 5.91 Å². The third kappa shape index (κ3) is 3.31. The Morgan fingerprint density at radius 3 is 2.61 bits per heavy atom. The summed E-state index contributed by atoms with van der Waals surface area (Å²) in [6.07, 6.45) is 3.20. The standard InChI is InChI=1S/C21H16N4O3/c22-12-15(21(23)26)10-16-13-25(17-4-2-1-3-5-17)24-20(16)14-6-7-18-19(11-14)28-9-8-27-18/h1-7,10-11,13H,8-9H2,(H2,23,26). The molecule has 1 aliphatic heterocycles. The van der Waals surface area contributed by atoms with Crippen molar-refractivity contribution in [3.63, 3.8) is 0 Å². The van der Waals surface area contributed by atoms with E-state index in [0.29, 0.717) is 36.0 Å². The topological polar surface area (TPSA) is 103 Å². The average molecular weight is 372 g/mol. The molecule has 1 aliphatic rings. The SMILES string of the molecule is N#CC(=Cc1cn(-c2ccccc2)nc1-c1ccc2c(c1)OCCO2)C(N)=O. The van der Waals surface area contributed by atoms with Crippen LogP contribution in [0, 0.1) is 11.3 Å². The van der Waals surface area contributed by atoms with Crippen LogP contribution in [-0.2, 0) is 4.79 Å². The van der Waals surface area contributed by atoms with E-state index in [1.165, 1.54) is 6.08 Å². The van der Waals surface area contributed by atoms with Gasteiger partial charge >= 0.3 is 0 Å². The lowest BCUT2D eigenvalue weighted by Crippen LogP contribution is -2.15. The van der Waals surface area contributed by atoms with E-state index >= 15 is 0 Å². The summed E-state index contributed by atoms with van der Waals surface area (Å²) in [5.41, 5.74) is 7.95. The number of rotatable bonds is 4. The molecule has 2 N–H and O–H groups in total. The van der Waals surface area contributed by atoms with Gasteiger partial charge < -0.3 is 15.2 Å². The molecule has 0 fully saturated rings. The summed E-state index contributed by atoms with van der Waals surface area (Å²) < 4.78 is 12.9. The van der Waals surface area contributed by atoms with Crippen LogP contribution < -0.4 is 15.2 Å². The van der Waals surface area contributed by atoms with Gasteiger partial charge in [-0.15, -0.1) is 0 Å². The van der Waals surface area contributed by atoms with Gasteiger partial charge in [-0.1, -0.05) is 18.2 Å². The van der Waals surface area contributed by atoms with E-state index in [9.17, 15) is 10.1 Å². The molecule has 2 aromatic carbocycles. The molecule has 138 valence electrons. The summed E-state index contributed by atoms with van der Waals surface area (Å²) in [6.45, 7) is 0.981. The molecule has 3 aromatic rings. The predicted octanol–water partition coefficient (Wildman–Crippen LogP) is 2.70. The van der Waals surface area contributed by atoms with Crippen molar-refractivity contribution in [2.45, 2.75) is 0 Å². The van der Waals surface area contributed by atoms with Crippen LogP contribution in [0.2, 0.25) is 0 Å². The average Bonchev–Trinajstić information content (AvgIpc) is 3.16. The fourth-order valence-electron chi connectivity index (χ4n) is 2.93. The highest BCUT2D eigenvalue weighted by atomic mass is 16.6. The van der Waals surface area contributed by atoms with Crippen LogP contribution in [-0.4, -0.2) is 28.9 Å². The normalized spacial score (nSPS) is 13.0. The number of para-hydroxylation sites is 1. The fourth-order valence-corrected chi connectivity index (χ4v) is 2.93. The summed E-state index contributed by atoms with van der Waals surface area (Å²) >= 11 is 0. The summed E-state index contributed by atoms with van der Waals surface area (Å²) in [5, 5.41) is 13.9. The lowest BCUT2D eigenvalue weighted by molar-refractivity contribution is -0.114. The Hall–Kier alpha value is -4.05. The summed E-state index contributed by atoms with van der Waals surface area (Å²) in [6, 6.07) is 16.9. The first kappa shape index (κ1) is 17.4. The number of fused-ring (bicyclic) bond motifs is 1. The van der Waals surface area contributed by atoms with Crippen molar-refractivity contribution in [3.8, 4) is 34.5 Å². The molecule has 2 heterocycles. The molecule has 0 saturated carbocycles. The minimum atomic E-state index is -0.789. The molecular weight excluding hydrogens is 356 g/mol. The third-order valence-electron chi connectivity index (χ3n) is 4.26. The summed E-state index contributed by atoms with van der Waals surface area (Å²) in [5.74, 6) is 0.510. The molecule has 0 unspecified atom stereocenters. The quantitative estimate of drug-likeness (QED) is 0.560. The van der Waals surface area contributed by atoms with Gasteiger partial charge in [0.05, 0.1) is 5.69 Å².